The summed E-state index contributed by atoms with van der Waals surface area (Å²) in [5.41, 5.74) is 1.16. The number of carbonyl (C=O) groups is 1. The smallest absolute Gasteiger partial charge is 0.323 e. The minimum absolute atomic E-state index is 0.0685. The van der Waals surface area contributed by atoms with E-state index in [9.17, 15) is 4.79 Å². The molecule has 1 aromatic carbocycles. The maximum Gasteiger partial charge on any atom is 0.323 e. The van der Waals surface area contributed by atoms with Crippen molar-refractivity contribution in [3.8, 4) is 5.75 Å². The summed E-state index contributed by atoms with van der Waals surface area (Å²) >= 11 is 1.54. The van der Waals surface area contributed by atoms with E-state index >= 15 is 0 Å². The molecule has 0 aliphatic carbocycles. The van der Waals surface area contributed by atoms with Crippen LogP contribution in [-0.4, -0.2) is 48.7 Å². The van der Waals surface area contributed by atoms with Gasteiger partial charge in [-0.25, -0.2) is 9.78 Å². The summed E-state index contributed by atoms with van der Waals surface area (Å²) in [6, 6.07) is 8.06. The normalized spacial score (nSPS) is 14.6. The summed E-state index contributed by atoms with van der Waals surface area (Å²) in [4.78, 5) is 22.1. The SMILES string of the molecule is CCOc1ccc(N2CCN(C(=O)Nc3ncc(C(C)C)s3)CC2)cc1. The Balaban J connectivity index is 1.51. The molecule has 1 aliphatic rings. The van der Waals surface area contributed by atoms with Crippen LogP contribution in [0.1, 0.15) is 31.6 Å². The lowest BCUT2D eigenvalue weighted by Crippen LogP contribution is -2.50. The van der Waals surface area contributed by atoms with Gasteiger partial charge in [0.2, 0.25) is 0 Å². The molecule has 1 fully saturated rings. The van der Waals surface area contributed by atoms with Crippen LogP contribution in [0.15, 0.2) is 30.5 Å². The number of hydrogen-bond donors (Lipinski definition) is 1. The van der Waals surface area contributed by atoms with E-state index in [0.717, 1.165) is 24.5 Å². The molecule has 0 unspecified atom stereocenters. The first-order chi connectivity index (χ1) is 12.6. The zero-order valence-electron chi connectivity index (χ0n) is 15.6. The molecule has 2 amide bonds. The maximum atomic E-state index is 12.5. The Kier molecular flexibility index (Phi) is 5.98. The van der Waals surface area contributed by atoms with Crippen molar-refractivity contribution >= 4 is 28.2 Å². The zero-order chi connectivity index (χ0) is 18.5. The molecule has 140 valence electrons. The highest BCUT2D eigenvalue weighted by molar-refractivity contribution is 7.15. The van der Waals surface area contributed by atoms with Crippen LogP contribution in [0.5, 0.6) is 5.75 Å². The zero-order valence-corrected chi connectivity index (χ0v) is 16.4. The number of rotatable bonds is 5. The minimum Gasteiger partial charge on any atom is -0.494 e. The van der Waals surface area contributed by atoms with Crippen LogP contribution < -0.4 is 15.0 Å². The van der Waals surface area contributed by atoms with Crippen molar-refractivity contribution < 1.29 is 9.53 Å². The fourth-order valence-electron chi connectivity index (χ4n) is 2.87. The highest BCUT2D eigenvalue weighted by Crippen LogP contribution is 2.25. The molecule has 0 bridgehead atoms. The molecule has 2 heterocycles. The molecule has 1 aromatic heterocycles. The van der Waals surface area contributed by atoms with Crippen LogP contribution in [-0.2, 0) is 0 Å². The van der Waals surface area contributed by atoms with E-state index in [1.807, 2.05) is 30.2 Å². The number of benzene rings is 1. The van der Waals surface area contributed by atoms with Gasteiger partial charge in [-0.2, -0.15) is 0 Å². The molecule has 0 radical (unpaired) electrons. The molecule has 1 N–H and O–H groups in total. The number of amides is 2. The number of piperazine rings is 1. The molecular formula is C19H26N4O2S. The van der Waals surface area contributed by atoms with Gasteiger partial charge in [-0.1, -0.05) is 13.8 Å². The Hall–Kier alpha value is -2.28. The van der Waals surface area contributed by atoms with Crippen LogP contribution in [0.4, 0.5) is 15.6 Å². The van der Waals surface area contributed by atoms with E-state index in [1.54, 1.807) is 11.3 Å². The number of aromatic nitrogens is 1. The van der Waals surface area contributed by atoms with E-state index in [1.165, 1.54) is 4.88 Å². The van der Waals surface area contributed by atoms with E-state index in [2.05, 4.69) is 41.2 Å². The van der Waals surface area contributed by atoms with Crippen molar-refractivity contribution in [2.75, 3.05) is 43.0 Å². The fourth-order valence-corrected chi connectivity index (χ4v) is 3.68. The number of hydrogen-bond acceptors (Lipinski definition) is 5. The topological polar surface area (TPSA) is 57.7 Å². The van der Waals surface area contributed by atoms with E-state index in [4.69, 9.17) is 4.74 Å². The number of anilines is 2. The summed E-state index contributed by atoms with van der Waals surface area (Å²) in [5, 5.41) is 3.60. The predicted octanol–water partition coefficient (Wildman–Crippen LogP) is 4.02. The predicted molar refractivity (Wildman–Crippen MR) is 107 cm³/mol. The van der Waals surface area contributed by atoms with Crippen molar-refractivity contribution in [1.29, 1.82) is 0 Å². The standard InChI is InChI=1S/C19H26N4O2S/c1-4-25-16-7-5-15(6-8-16)22-9-11-23(12-10-22)19(24)21-18-20-13-17(26-18)14(2)3/h5-8,13-14H,4,9-12H2,1-3H3,(H,20,21,24). The van der Waals surface area contributed by atoms with Crippen molar-refractivity contribution in [3.05, 3.63) is 35.3 Å². The fraction of sp³-hybridized carbons (Fsp3) is 0.474. The highest BCUT2D eigenvalue weighted by Gasteiger charge is 2.22. The van der Waals surface area contributed by atoms with Crippen molar-refractivity contribution in [2.24, 2.45) is 0 Å². The van der Waals surface area contributed by atoms with Crippen molar-refractivity contribution in [2.45, 2.75) is 26.7 Å². The highest BCUT2D eigenvalue weighted by atomic mass is 32.1. The molecule has 7 heteroatoms. The Bertz CT molecular complexity index is 721. The van der Waals surface area contributed by atoms with Crippen LogP contribution in [0, 0.1) is 0 Å². The summed E-state index contributed by atoms with van der Waals surface area (Å²) < 4.78 is 5.49. The Labute approximate surface area is 158 Å². The first-order valence-electron chi connectivity index (χ1n) is 9.06. The van der Waals surface area contributed by atoms with Gasteiger partial charge in [-0.05, 0) is 37.1 Å². The van der Waals surface area contributed by atoms with Crippen LogP contribution in [0.3, 0.4) is 0 Å². The van der Waals surface area contributed by atoms with E-state index in [0.29, 0.717) is 30.7 Å². The third-order valence-corrected chi connectivity index (χ3v) is 5.60. The van der Waals surface area contributed by atoms with Gasteiger partial charge in [-0.3, -0.25) is 5.32 Å². The molecule has 6 nitrogen and oxygen atoms in total. The van der Waals surface area contributed by atoms with E-state index < -0.39 is 0 Å². The molecule has 1 saturated heterocycles. The molecule has 0 saturated carbocycles. The van der Waals surface area contributed by atoms with Gasteiger partial charge in [0, 0.05) is 42.9 Å². The van der Waals surface area contributed by atoms with E-state index in [-0.39, 0.29) is 6.03 Å². The Morgan fingerprint density at radius 2 is 1.92 bits per heavy atom. The number of urea groups is 1. The third kappa shape index (κ3) is 4.46. The molecule has 1 aliphatic heterocycles. The van der Waals surface area contributed by atoms with Gasteiger partial charge in [-0.15, -0.1) is 11.3 Å². The van der Waals surface area contributed by atoms with Crippen LogP contribution in [0.2, 0.25) is 0 Å². The van der Waals surface area contributed by atoms with Gasteiger partial charge in [0.05, 0.1) is 6.61 Å². The molecular weight excluding hydrogens is 348 g/mol. The average Bonchev–Trinajstić information content (AvgIpc) is 3.12. The summed E-state index contributed by atoms with van der Waals surface area (Å²) in [6.07, 6.45) is 1.84. The number of carbonyl (C=O) groups excluding carboxylic acids is 1. The lowest BCUT2D eigenvalue weighted by molar-refractivity contribution is 0.208. The van der Waals surface area contributed by atoms with Crippen LogP contribution >= 0.6 is 11.3 Å². The summed E-state index contributed by atoms with van der Waals surface area (Å²) in [6.45, 7) is 9.92. The Morgan fingerprint density at radius 1 is 1.23 bits per heavy atom. The number of ether oxygens (including phenoxy) is 1. The number of thiazole rings is 1. The summed E-state index contributed by atoms with van der Waals surface area (Å²) in [5.74, 6) is 1.31. The molecule has 0 spiro atoms. The molecule has 2 aromatic rings. The first kappa shape index (κ1) is 18.5. The van der Waals surface area contributed by atoms with Gasteiger partial charge in [0.25, 0.3) is 0 Å². The Morgan fingerprint density at radius 3 is 2.50 bits per heavy atom. The quantitative estimate of drug-likeness (QED) is 0.859. The van der Waals surface area contributed by atoms with Gasteiger partial charge >= 0.3 is 6.03 Å². The van der Waals surface area contributed by atoms with Crippen LogP contribution in [0.25, 0.3) is 0 Å². The number of nitrogens with one attached hydrogen (secondary N) is 1. The van der Waals surface area contributed by atoms with Crippen molar-refractivity contribution in [3.63, 3.8) is 0 Å². The lowest BCUT2D eigenvalue weighted by Gasteiger charge is -2.35. The summed E-state index contributed by atoms with van der Waals surface area (Å²) in [7, 11) is 0. The maximum absolute atomic E-state index is 12.5. The molecule has 0 atom stereocenters. The second kappa shape index (κ2) is 8.40. The average molecular weight is 375 g/mol. The molecule has 26 heavy (non-hydrogen) atoms. The van der Waals surface area contributed by atoms with Gasteiger partial charge in [0.15, 0.2) is 5.13 Å². The second-order valence-corrected chi connectivity index (χ2v) is 7.62. The first-order valence-corrected chi connectivity index (χ1v) is 9.88. The van der Waals surface area contributed by atoms with Gasteiger partial charge in [0.1, 0.15) is 5.75 Å². The van der Waals surface area contributed by atoms with Crippen molar-refractivity contribution in [1.82, 2.24) is 9.88 Å². The number of nitrogens with zero attached hydrogens (tertiary/aromatic N) is 3. The monoisotopic (exact) mass is 374 g/mol. The molecule has 3 rings (SSSR count). The largest absolute Gasteiger partial charge is 0.494 e. The third-order valence-electron chi connectivity index (χ3n) is 4.39. The minimum atomic E-state index is -0.0685. The second-order valence-electron chi connectivity index (χ2n) is 6.55. The lowest BCUT2D eigenvalue weighted by atomic mass is 10.2. The van der Waals surface area contributed by atoms with Gasteiger partial charge < -0.3 is 14.5 Å².